The lowest BCUT2D eigenvalue weighted by Gasteiger charge is -2.08. The van der Waals surface area contributed by atoms with E-state index in [2.05, 4.69) is 5.32 Å². The van der Waals surface area contributed by atoms with Crippen molar-refractivity contribution in [3.05, 3.63) is 112 Å². The van der Waals surface area contributed by atoms with Gasteiger partial charge in [-0.3, -0.25) is 14.4 Å². The number of hydrogen-bond acceptors (Lipinski definition) is 6. The largest absolute Gasteiger partial charge is 0.397 e. The Morgan fingerprint density at radius 1 is 0.853 bits per heavy atom. The van der Waals surface area contributed by atoms with E-state index in [1.165, 1.54) is 11.8 Å². The van der Waals surface area contributed by atoms with E-state index >= 15 is 0 Å². The minimum Gasteiger partial charge on any atom is -0.397 e. The van der Waals surface area contributed by atoms with Crippen LogP contribution in [0.1, 0.15) is 36.0 Å². The number of nitrogen functional groups attached to an aromatic ring is 1. The summed E-state index contributed by atoms with van der Waals surface area (Å²) in [5, 5.41) is 3.34. The van der Waals surface area contributed by atoms with Crippen molar-refractivity contribution in [2.45, 2.75) is 4.21 Å². The van der Waals surface area contributed by atoms with Crippen molar-refractivity contribution in [2.24, 2.45) is 0 Å². The SMILES string of the molecule is Nc1c(C(=O)c2ccccc2)sc(SCC(=O)c2ccccc2)c1C(=O)Nc1ccc(Cl)cc1. The van der Waals surface area contributed by atoms with Crippen LogP contribution >= 0.6 is 34.7 Å². The maximum Gasteiger partial charge on any atom is 0.259 e. The topological polar surface area (TPSA) is 89.3 Å². The van der Waals surface area contributed by atoms with Gasteiger partial charge >= 0.3 is 0 Å². The lowest BCUT2D eigenvalue weighted by Crippen LogP contribution is -2.15. The highest BCUT2D eigenvalue weighted by molar-refractivity contribution is 8.01. The summed E-state index contributed by atoms with van der Waals surface area (Å²) in [6.45, 7) is 0. The van der Waals surface area contributed by atoms with Gasteiger partial charge in [-0.1, -0.05) is 72.3 Å². The molecule has 1 amide bonds. The fourth-order valence-corrected chi connectivity index (χ4v) is 5.67. The molecule has 4 rings (SSSR count). The van der Waals surface area contributed by atoms with E-state index in [1.54, 1.807) is 72.8 Å². The zero-order valence-corrected chi connectivity index (χ0v) is 20.2. The summed E-state index contributed by atoms with van der Waals surface area (Å²) in [4.78, 5) is 39.2. The average Bonchev–Trinajstić information content (AvgIpc) is 3.20. The predicted molar refractivity (Wildman–Crippen MR) is 140 cm³/mol. The number of anilines is 2. The Hall–Kier alpha value is -3.39. The Balaban J connectivity index is 1.66. The Morgan fingerprint density at radius 2 is 1.44 bits per heavy atom. The maximum atomic E-state index is 13.2. The van der Waals surface area contributed by atoms with Crippen LogP contribution in [-0.2, 0) is 0 Å². The van der Waals surface area contributed by atoms with Crippen LogP contribution in [0.4, 0.5) is 11.4 Å². The normalized spacial score (nSPS) is 10.6. The van der Waals surface area contributed by atoms with Gasteiger partial charge in [-0.15, -0.1) is 23.1 Å². The van der Waals surface area contributed by atoms with Crippen molar-refractivity contribution in [3.8, 4) is 0 Å². The van der Waals surface area contributed by atoms with Crippen LogP contribution in [-0.4, -0.2) is 23.2 Å². The molecule has 0 spiro atoms. The molecule has 0 aliphatic rings. The number of ketones is 2. The van der Waals surface area contributed by atoms with Crippen LogP contribution in [0.5, 0.6) is 0 Å². The van der Waals surface area contributed by atoms with E-state index in [0.29, 0.717) is 26.0 Å². The number of thiophene rings is 1. The Kier molecular flexibility index (Phi) is 7.47. The van der Waals surface area contributed by atoms with Gasteiger partial charge in [0.1, 0.15) is 0 Å². The lowest BCUT2D eigenvalue weighted by molar-refractivity contribution is 0.101. The van der Waals surface area contributed by atoms with Gasteiger partial charge in [0, 0.05) is 21.8 Å². The molecule has 0 atom stereocenters. The van der Waals surface area contributed by atoms with E-state index in [4.69, 9.17) is 17.3 Å². The second-order valence-electron chi connectivity index (χ2n) is 7.24. The van der Waals surface area contributed by atoms with Gasteiger partial charge < -0.3 is 11.1 Å². The number of thioether (sulfide) groups is 1. The van der Waals surface area contributed by atoms with Crippen LogP contribution < -0.4 is 11.1 Å². The molecule has 0 aliphatic carbocycles. The Bertz CT molecular complexity index is 1340. The average molecular weight is 507 g/mol. The first-order chi connectivity index (χ1) is 16.4. The first-order valence-electron chi connectivity index (χ1n) is 10.2. The fourth-order valence-electron chi connectivity index (χ4n) is 3.19. The molecule has 3 N–H and O–H groups in total. The number of amides is 1. The maximum absolute atomic E-state index is 13.2. The van der Waals surface area contributed by atoms with Crippen molar-refractivity contribution < 1.29 is 14.4 Å². The van der Waals surface area contributed by atoms with Gasteiger partial charge in [0.05, 0.1) is 26.1 Å². The number of hydrogen-bond donors (Lipinski definition) is 2. The summed E-state index contributed by atoms with van der Waals surface area (Å²) in [7, 11) is 0. The van der Waals surface area contributed by atoms with E-state index in [9.17, 15) is 14.4 Å². The molecule has 4 aromatic rings. The van der Waals surface area contributed by atoms with Gasteiger partial charge in [0.25, 0.3) is 5.91 Å². The van der Waals surface area contributed by atoms with Crippen LogP contribution in [0, 0.1) is 0 Å². The molecule has 1 heterocycles. The minimum atomic E-state index is -0.460. The summed E-state index contributed by atoms with van der Waals surface area (Å²) in [5.74, 6) is -0.718. The molecular formula is C26H19ClN2O3S2. The van der Waals surface area contributed by atoms with Gasteiger partial charge in [-0.25, -0.2) is 0 Å². The van der Waals surface area contributed by atoms with Gasteiger partial charge in [0.2, 0.25) is 5.78 Å². The zero-order valence-electron chi connectivity index (χ0n) is 17.8. The molecule has 1 aromatic heterocycles. The number of nitrogens with two attached hydrogens (primary N) is 1. The van der Waals surface area contributed by atoms with Crippen molar-refractivity contribution in [3.63, 3.8) is 0 Å². The quantitative estimate of drug-likeness (QED) is 0.212. The van der Waals surface area contributed by atoms with Crippen molar-refractivity contribution in [1.82, 2.24) is 0 Å². The molecule has 0 unspecified atom stereocenters. The number of carbonyl (C=O) groups is 3. The standard InChI is InChI=1S/C26H19ClN2O3S2/c27-18-11-13-19(14-12-18)29-25(32)21-22(28)24(23(31)17-9-5-2-6-10-17)34-26(21)33-15-20(30)16-7-3-1-4-8-16/h1-14H,15,28H2,(H,29,32). The van der Waals surface area contributed by atoms with E-state index in [0.717, 1.165) is 11.3 Å². The van der Waals surface area contributed by atoms with Crippen LogP contribution in [0.3, 0.4) is 0 Å². The molecule has 170 valence electrons. The first-order valence-corrected chi connectivity index (χ1v) is 12.4. The molecule has 0 saturated carbocycles. The molecule has 0 bridgehead atoms. The molecule has 3 aromatic carbocycles. The molecule has 5 nitrogen and oxygen atoms in total. The molecule has 0 saturated heterocycles. The van der Waals surface area contributed by atoms with Gasteiger partial charge in [-0.05, 0) is 24.3 Å². The second-order valence-corrected chi connectivity index (χ2v) is 9.94. The molecular weight excluding hydrogens is 488 g/mol. The van der Waals surface area contributed by atoms with Crippen LogP contribution in [0.25, 0.3) is 0 Å². The molecule has 34 heavy (non-hydrogen) atoms. The summed E-state index contributed by atoms with van der Waals surface area (Å²) in [6, 6.07) is 24.3. The molecule has 0 aliphatic heterocycles. The van der Waals surface area contributed by atoms with Crippen molar-refractivity contribution in [2.75, 3.05) is 16.8 Å². The fraction of sp³-hybridized carbons (Fsp3) is 0.0385. The highest BCUT2D eigenvalue weighted by atomic mass is 35.5. The number of halogens is 1. The highest BCUT2D eigenvalue weighted by Gasteiger charge is 2.27. The molecule has 0 radical (unpaired) electrons. The Morgan fingerprint density at radius 3 is 2.06 bits per heavy atom. The van der Waals surface area contributed by atoms with Gasteiger partial charge in [-0.2, -0.15) is 0 Å². The number of benzene rings is 3. The van der Waals surface area contributed by atoms with Gasteiger partial charge in [0.15, 0.2) is 5.78 Å². The number of carbonyl (C=O) groups excluding carboxylic acids is 3. The monoisotopic (exact) mass is 506 g/mol. The summed E-state index contributed by atoms with van der Waals surface area (Å²) >= 11 is 8.25. The van der Waals surface area contributed by atoms with E-state index in [1.807, 2.05) is 12.1 Å². The van der Waals surface area contributed by atoms with Crippen LogP contribution in [0.2, 0.25) is 5.02 Å². The third-order valence-corrected chi connectivity index (χ3v) is 7.64. The Labute approximate surface area is 210 Å². The smallest absolute Gasteiger partial charge is 0.259 e. The minimum absolute atomic E-state index is 0.0856. The number of nitrogens with one attached hydrogen (secondary N) is 1. The van der Waals surface area contributed by atoms with Crippen LogP contribution in [0.15, 0.2) is 89.1 Å². The first kappa shape index (κ1) is 23.8. The summed E-state index contributed by atoms with van der Waals surface area (Å²) < 4.78 is 0.507. The summed E-state index contributed by atoms with van der Waals surface area (Å²) in [5.41, 5.74) is 8.21. The van der Waals surface area contributed by atoms with Crippen molar-refractivity contribution in [1.29, 1.82) is 0 Å². The summed E-state index contributed by atoms with van der Waals surface area (Å²) in [6.07, 6.45) is 0. The third-order valence-electron chi connectivity index (χ3n) is 4.91. The third kappa shape index (κ3) is 5.39. The van der Waals surface area contributed by atoms with E-state index < -0.39 is 5.91 Å². The predicted octanol–water partition coefficient (Wildman–Crippen LogP) is 6.44. The molecule has 8 heteroatoms. The van der Waals surface area contributed by atoms with E-state index in [-0.39, 0.29) is 33.4 Å². The molecule has 0 fully saturated rings. The lowest BCUT2D eigenvalue weighted by atomic mass is 10.1. The van der Waals surface area contributed by atoms with Crippen molar-refractivity contribution >= 4 is 63.5 Å². The number of rotatable bonds is 8. The number of Topliss-reactive ketones (excluding diaryl/α,β-unsaturated/α-hetero) is 1. The second kappa shape index (κ2) is 10.7. The highest BCUT2D eigenvalue weighted by Crippen LogP contribution is 2.40. The zero-order chi connectivity index (χ0) is 24.1.